The van der Waals surface area contributed by atoms with Gasteiger partial charge in [0, 0.05) is 6.54 Å². The molecule has 1 saturated carbocycles. The van der Waals surface area contributed by atoms with Crippen LogP contribution in [0.15, 0.2) is 29.2 Å². The van der Waals surface area contributed by atoms with Crippen LogP contribution in [0.4, 0.5) is 14.5 Å². The lowest BCUT2D eigenvalue weighted by Gasteiger charge is -2.15. The number of nitrogens with one attached hydrogen (secondary N) is 1. The number of hydrogen-bond acceptors (Lipinski definition) is 3. The molecule has 1 aliphatic rings. The molecule has 1 aromatic rings. The molecule has 112 valence electrons. The van der Waals surface area contributed by atoms with E-state index in [0.29, 0.717) is 18.4 Å². The van der Waals surface area contributed by atoms with Gasteiger partial charge in [0.25, 0.3) is 0 Å². The van der Waals surface area contributed by atoms with Crippen molar-refractivity contribution in [1.82, 2.24) is 0 Å². The molecule has 0 bridgehead atoms. The molecule has 0 heterocycles. The molecule has 2 atom stereocenters. The topological polar surface area (TPSA) is 46.2 Å². The molecular formula is C14H19F2NO2S. The number of benzene rings is 1. The second-order valence-electron chi connectivity index (χ2n) is 5.47. The van der Waals surface area contributed by atoms with E-state index in [1.54, 1.807) is 6.07 Å². The van der Waals surface area contributed by atoms with E-state index in [0.717, 1.165) is 12.8 Å². The van der Waals surface area contributed by atoms with Gasteiger partial charge in [0.1, 0.15) is 0 Å². The summed E-state index contributed by atoms with van der Waals surface area (Å²) in [6.45, 7) is 2.81. The van der Waals surface area contributed by atoms with Crippen molar-refractivity contribution in [3.05, 3.63) is 24.3 Å². The average Bonchev–Trinajstić information content (AvgIpc) is 2.82. The minimum Gasteiger partial charge on any atom is -0.384 e. The van der Waals surface area contributed by atoms with Gasteiger partial charge in [0.05, 0.1) is 10.6 Å². The molecule has 2 unspecified atom stereocenters. The van der Waals surface area contributed by atoms with Gasteiger partial charge in [-0.3, -0.25) is 0 Å². The standard InChI is InChI=1S/C14H19F2NO2S/c1-10-6-7-11(8-10)9-17-12-4-2-3-5-13(12)20(18,19)14(15)16/h2-5,10-11,14,17H,6-9H2,1H3. The monoisotopic (exact) mass is 303 g/mol. The van der Waals surface area contributed by atoms with Gasteiger partial charge in [-0.05, 0) is 36.8 Å². The molecule has 0 saturated heterocycles. The Morgan fingerprint density at radius 3 is 2.60 bits per heavy atom. The zero-order valence-corrected chi connectivity index (χ0v) is 12.2. The van der Waals surface area contributed by atoms with Crippen LogP contribution < -0.4 is 5.32 Å². The number of anilines is 1. The molecule has 0 aromatic heterocycles. The SMILES string of the molecule is CC1CCC(CNc2ccccc2S(=O)(=O)C(F)F)C1. The molecule has 1 aliphatic carbocycles. The zero-order chi connectivity index (χ0) is 14.8. The van der Waals surface area contributed by atoms with Crippen molar-refractivity contribution < 1.29 is 17.2 Å². The van der Waals surface area contributed by atoms with Gasteiger partial charge in [-0.1, -0.05) is 25.5 Å². The van der Waals surface area contributed by atoms with Crippen LogP contribution in [-0.2, 0) is 9.84 Å². The zero-order valence-electron chi connectivity index (χ0n) is 11.4. The maximum Gasteiger partial charge on any atom is 0.341 e. The normalized spacial score (nSPS) is 23.2. The fraction of sp³-hybridized carbons (Fsp3) is 0.571. The smallest absolute Gasteiger partial charge is 0.341 e. The Morgan fingerprint density at radius 1 is 1.30 bits per heavy atom. The van der Waals surface area contributed by atoms with Gasteiger partial charge in [-0.15, -0.1) is 0 Å². The predicted molar refractivity (Wildman–Crippen MR) is 74.6 cm³/mol. The lowest BCUT2D eigenvalue weighted by atomic mass is 10.1. The minimum atomic E-state index is -4.56. The molecule has 0 aliphatic heterocycles. The molecule has 0 radical (unpaired) electrons. The summed E-state index contributed by atoms with van der Waals surface area (Å²) in [5, 5.41) is 3.02. The number of alkyl halides is 2. The molecule has 3 nitrogen and oxygen atoms in total. The fourth-order valence-electron chi connectivity index (χ4n) is 2.72. The first-order chi connectivity index (χ1) is 9.41. The van der Waals surface area contributed by atoms with Gasteiger partial charge in [-0.25, -0.2) is 8.42 Å². The van der Waals surface area contributed by atoms with Crippen LogP contribution in [-0.4, -0.2) is 20.7 Å². The Kier molecular flexibility index (Phi) is 4.62. The van der Waals surface area contributed by atoms with Gasteiger partial charge < -0.3 is 5.32 Å². The van der Waals surface area contributed by atoms with E-state index in [-0.39, 0.29) is 10.6 Å². The Labute approximate surface area is 118 Å². The van der Waals surface area contributed by atoms with Gasteiger partial charge >= 0.3 is 5.76 Å². The first-order valence-electron chi connectivity index (χ1n) is 6.76. The average molecular weight is 303 g/mol. The van der Waals surface area contributed by atoms with Crippen LogP contribution >= 0.6 is 0 Å². The molecule has 0 amide bonds. The van der Waals surface area contributed by atoms with Crippen LogP contribution in [0.5, 0.6) is 0 Å². The van der Waals surface area contributed by atoms with E-state index < -0.39 is 15.6 Å². The highest BCUT2D eigenvalue weighted by Crippen LogP contribution is 2.31. The Morgan fingerprint density at radius 2 is 2.00 bits per heavy atom. The Balaban J connectivity index is 2.13. The summed E-state index contributed by atoms with van der Waals surface area (Å²) in [6.07, 6.45) is 3.36. The third-order valence-corrected chi connectivity index (χ3v) is 5.25. The molecule has 6 heteroatoms. The van der Waals surface area contributed by atoms with E-state index in [4.69, 9.17) is 0 Å². The van der Waals surface area contributed by atoms with E-state index in [9.17, 15) is 17.2 Å². The summed E-state index contributed by atoms with van der Waals surface area (Å²) in [5.74, 6) is -2.23. The van der Waals surface area contributed by atoms with Crippen molar-refractivity contribution in [2.24, 2.45) is 11.8 Å². The fourth-order valence-corrected chi connectivity index (χ4v) is 3.63. The van der Waals surface area contributed by atoms with Gasteiger partial charge in [-0.2, -0.15) is 8.78 Å². The second-order valence-corrected chi connectivity index (χ2v) is 7.35. The van der Waals surface area contributed by atoms with Crippen molar-refractivity contribution in [2.75, 3.05) is 11.9 Å². The summed E-state index contributed by atoms with van der Waals surface area (Å²) < 4.78 is 48.5. The minimum absolute atomic E-state index is 0.271. The predicted octanol–water partition coefficient (Wildman–Crippen LogP) is 3.53. The number of halogens is 2. The summed E-state index contributed by atoms with van der Waals surface area (Å²) in [4.78, 5) is -0.318. The van der Waals surface area contributed by atoms with Crippen LogP contribution in [0, 0.1) is 11.8 Å². The largest absolute Gasteiger partial charge is 0.384 e. The molecule has 1 N–H and O–H groups in total. The van der Waals surface area contributed by atoms with Crippen LogP contribution in [0.25, 0.3) is 0 Å². The van der Waals surface area contributed by atoms with E-state index >= 15 is 0 Å². The maximum atomic E-state index is 12.7. The molecular weight excluding hydrogens is 284 g/mol. The highest BCUT2D eigenvalue weighted by Gasteiger charge is 2.29. The van der Waals surface area contributed by atoms with E-state index in [1.165, 1.54) is 24.6 Å². The van der Waals surface area contributed by atoms with Crippen molar-refractivity contribution in [3.8, 4) is 0 Å². The lowest BCUT2D eigenvalue weighted by molar-refractivity contribution is 0.235. The van der Waals surface area contributed by atoms with Crippen LogP contribution in [0.2, 0.25) is 0 Å². The molecule has 20 heavy (non-hydrogen) atoms. The highest BCUT2D eigenvalue weighted by atomic mass is 32.2. The van der Waals surface area contributed by atoms with Crippen molar-refractivity contribution in [1.29, 1.82) is 0 Å². The summed E-state index contributed by atoms with van der Waals surface area (Å²) in [5.41, 5.74) is 0.271. The first-order valence-corrected chi connectivity index (χ1v) is 8.31. The maximum absolute atomic E-state index is 12.7. The Bertz CT molecular complexity index is 560. The quantitative estimate of drug-likeness (QED) is 0.905. The van der Waals surface area contributed by atoms with Crippen molar-refractivity contribution >= 4 is 15.5 Å². The van der Waals surface area contributed by atoms with Crippen LogP contribution in [0.1, 0.15) is 26.2 Å². The lowest BCUT2D eigenvalue weighted by Crippen LogP contribution is -2.17. The highest BCUT2D eigenvalue weighted by molar-refractivity contribution is 7.91. The summed E-state index contributed by atoms with van der Waals surface area (Å²) in [6, 6.07) is 5.86. The third-order valence-electron chi connectivity index (χ3n) is 3.81. The van der Waals surface area contributed by atoms with Crippen LogP contribution in [0.3, 0.4) is 0 Å². The number of hydrogen-bond donors (Lipinski definition) is 1. The number of sulfone groups is 1. The van der Waals surface area contributed by atoms with E-state index in [1.807, 2.05) is 0 Å². The molecule has 1 aromatic carbocycles. The Hall–Kier alpha value is -1.17. The first kappa shape index (κ1) is 15.2. The van der Waals surface area contributed by atoms with Gasteiger partial charge in [0.15, 0.2) is 0 Å². The second kappa shape index (κ2) is 6.08. The number of rotatable bonds is 5. The number of para-hydroxylation sites is 1. The van der Waals surface area contributed by atoms with E-state index in [2.05, 4.69) is 12.2 Å². The molecule has 0 spiro atoms. The molecule has 2 rings (SSSR count). The third kappa shape index (κ3) is 3.29. The van der Waals surface area contributed by atoms with Crippen molar-refractivity contribution in [3.63, 3.8) is 0 Å². The van der Waals surface area contributed by atoms with Crippen molar-refractivity contribution in [2.45, 2.75) is 36.8 Å². The summed E-state index contributed by atoms with van der Waals surface area (Å²) in [7, 11) is -4.56. The van der Waals surface area contributed by atoms with Gasteiger partial charge in [0.2, 0.25) is 9.84 Å². The molecule has 1 fully saturated rings. The summed E-state index contributed by atoms with van der Waals surface area (Å²) >= 11 is 0.